The van der Waals surface area contributed by atoms with Gasteiger partial charge >= 0.3 is 0 Å². The van der Waals surface area contributed by atoms with E-state index >= 15 is 0 Å². The SMILES string of the molecule is C[C@@H](O)CNc1nc(-c2nccc3c2N=C(COc2ccc(F)c(Cl)c2)CC3=O)cs1. The number of benzene rings is 1. The second kappa shape index (κ2) is 9.09. The van der Waals surface area contributed by atoms with Gasteiger partial charge in [0.15, 0.2) is 10.9 Å². The molecule has 0 bridgehead atoms. The Morgan fingerprint density at radius 1 is 1.39 bits per heavy atom. The lowest BCUT2D eigenvalue weighted by Gasteiger charge is -2.17. The van der Waals surface area contributed by atoms with Crippen molar-refractivity contribution in [3.63, 3.8) is 0 Å². The van der Waals surface area contributed by atoms with Crippen LogP contribution in [0.2, 0.25) is 5.02 Å². The summed E-state index contributed by atoms with van der Waals surface area (Å²) in [6, 6.07) is 5.69. The first kappa shape index (κ1) is 21.4. The highest BCUT2D eigenvalue weighted by atomic mass is 35.5. The smallest absolute Gasteiger partial charge is 0.183 e. The number of Topliss-reactive ketones (excluding diaryl/α,β-unsaturated/α-hetero) is 1. The number of aliphatic hydroxyl groups excluding tert-OH is 1. The molecule has 1 aliphatic heterocycles. The molecule has 2 aromatic heterocycles. The summed E-state index contributed by atoms with van der Waals surface area (Å²) in [7, 11) is 0. The Hall–Kier alpha value is -2.88. The van der Waals surface area contributed by atoms with E-state index in [1.165, 1.54) is 29.5 Å². The second-order valence-corrected chi connectivity index (χ2v) is 8.23. The number of anilines is 1. The van der Waals surface area contributed by atoms with Crippen molar-refractivity contribution in [1.82, 2.24) is 9.97 Å². The Bertz CT molecular complexity index is 1170. The largest absolute Gasteiger partial charge is 0.488 e. The zero-order chi connectivity index (χ0) is 22.0. The molecule has 1 aromatic carbocycles. The van der Waals surface area contributed by atoms with Gasteiger partial charge in [-0.3, -0.25) is 14.8 Å². The van der Waals surface area contributed by atoms with E-state index in [9.17, 15) is 14.3 Å². The van der Waals surface area contributed by atoms with E-state index in [-0.39, 0.29) is 23.8 Å². The lowest BCUT2D eigenvalue weighted by molar-refractivity contribution is 0.0998. The molecule has 10 heteroatoms. The first-order valence-corrected chi connectivity index (χ1v) is 10.7. The van der Waals surface area contributed by atoms with E-state index in [0.29, 0.717) is 45.8 Å². The predicted molar refractivity (Wildman–Crippen MR) is 118 cm³/mol. The van der Waals surface area contributed by atoms with Crippen LogP contribution in [0.3, 0.4) is 0 Å². The van der Waals surface area contributed by atoms with Gasteiger partial charge in [-0.2, -0.15) is 0 Å². The molecule has 0 amide bonds. The van der Waals surface area contributed by atoms with Crippen LogP contribution in [-0.2, 0) is 0 Å². The second-order valence-electron chi connectivity index (χ2n) is 6.97. The van der Waals surface area contributed by atoms with Gasteiger partial charge in [0.25, 0.3) is 0 Å². The minimum Gasteiger partial charge on any atom is -0.488 e. The number of fused-ring (bicyclic) bond motifs is 1. The first-order chi connectivity index (χ1) is 14.9. The summed E-state index contributed by atoms with van der Waals surface area (Å²) in [4.78, 5) is 26.2. The molecule has 4 rings (SSSR count). The van der Waals surface area contributed by atoms with E-state index in [2.05, 4.69) is 20.3 Å². The van der Waals surface area contributed by atoms with E-state index < -0.39 is 11.9 Å². The molecule has 31 heavy (non-hydrogen) atoms. The van der Waals surface area contributed by atoms with Crippen LogP contribution in [0.15, 0.2) is 40.8 Å². The number of pyridine rings is 1. The van der Waals surface area contributed by atoms with Crippen molar-refractivity contribution in [2.45, 2.75) is 19.4 Å². The van der Waals surface area contributed by atoms with Crippen molar-refractivity contribution in [2.24, 2.45) is 4.99 Å². The molecule has 0 aliphatic carbocycles. The van der Waals surface area contributed by atoms with E-state index in [1.807, 2.05) is 5.38 Å². The lowest BCUT2D eigenvalue weighted by Crippen LogP contribution is -2.20. The summed E-state index contributed by atoms with van der Waals surface area (Å²) >= 11 is 7.16. The molecule has 1 aliphatic rings. The predicted octanol–water partition coefficient (Wildman–Crippen LogP) is 4.53. The van der Waals surface area contributed by atoms with Crippen LogP contribution in [0.5, 0.6) is 5.75 Å². The molecule has 160 valence electrons. The Balaban J connectivity index is 1.59. The number of rotatable bonds is 7. The minimum atomic E-state index is -0.533. The number of aliphatic imine (C=N–C) groups is 1. The molecule has 3 aromatic rings. The van der Waals surface area contributed by atoms with Crippen molar-refractivity contribution < 1.29 is 19.0 Å². The van der Waals surface area contributed by atoms with Crippen molar-refractivity contribution in [1.29, 1.82) is 0 Å². The summed E-state index contributed by atoms with van der Waals surface area (Å²) in [5, 5.41) is 14.9. The molecule has 0 radical (unpaired) electrons. The van der Waals surface area contributed by atoms with E-state index in [0.717, 1.165) is 0 Å². The zero-order valence-corrected chi connectivity index (χ0v) is 18.0. The van der Waals surface area contributed by atoms with Crippen LogP contribution in [0.1, 0.15) is 23.7 Å². The highest BCUT2D eigenvalue weighted by Crippen LogP contribution is 2.36. The first-order valence-electron chi connectivity index (χ1n) is 9.45. The molecule has 0 spiro atoms. The van der Waals surface area contributed by atoms with Crippen molar-refractivity contribution in [3.8, 4) is 17.1 Å². The summed E-state index contributed by atoms with van der Waals surface area (Å²) in [6.07, 6.45) is 1.17. The summed E-state index contributed by atoms with van der Waals surface area (Å²) < 4.78 is 19.0. The maximum absolute atomic E-state index is 13.3. The number of hydrogen-bond acceptors (Lipinski definition) is 8. The van der Waals surface area contributed by atoms with Gasteiger partial charge in [0.1, 0.15) is 35.2 Å². The Kier molecular flexibility index (Phi) is 6.26. The topological polar surface area (TPSA) is 96.7 Å². The standard InChI is InChI=1S/C21H18ClFN4O3S/c1-11(28)8-25-21-27-17(10-31-21)20-19-14(4-5-24-20)18(29)6-12(26-19)9-30-13-2-3-16(23)15(22)7-13/h2-5,7,10-11,28H,6,8-9H2,1H3,(H,25,27)/t11-/m1/s1. The molecule has 0 saturated heterocycles. The third-order valence-corrected chi connectivity index (χ3v) is 5.54. The van der Waals surface area contributed by atoms with Crippen LogP contribution in [0.4, 0.5) is 15.2 Å². The molecule has 3 heterocycles. The fraction of sp³-hybridized carbons (Fsp3) is 0.238. The van der Waals surface area contributed by atoms with Crippen LogP contribution < -0.4 is 10.1 Å². The van der Waals surface area contributed by atoms with Gasteiger partial charge in [0, 0.05) is 29.8 Å². The highest BCUT2D eigenvalue weighted by Gasteiger charge is 2.25. The van der Waals surface area contributed by atoms with Crippen LogP contribution >= 0.6 is 22.9 Å². The Morgan fingerprint density at radius 2 is 2.23 bits per heavy atom. The summed E-state index contributed by atoms with van der Waals surface area (Å²) in [5.41, 5.74) is 2.52. The number of aliphatic hydroxyl groups is 1. The van der Waals surface area contributed by atoms with Crippen LogP contribution in [0, 0.1) is 5.82 Å². The quantitative estimate of drug-likeness (QED) is 0.537. The maximum atomic E-state index is 13.3. The molecular weight excluding hydrogens is 443 g/mol. The van der Waals surface area contributed by atoms with Gasteiger partial charge < -0.3 is 15.2 Å². The van der Waals surface area contributed by atoms with Crippen molar-refractivity contribution in [2.75, 3.05) is 18.5 Å². The number of nitrogens with zero attached hydrogens (tertiary/aromatic N) is 3. The zero-order valence-electron chi connectivity index (χ0n) is 16.4. The number of ketones is 1. The van der Waals surface area contributed by atoms with Crippen molar-refractivity contribution >= 4 is 45.3 Å². The molecule has 0 saturated carbocycles. The number of hydrogen-bond donors (Lipinski definition) is 2. The monoisotopic (exact) mass is 460 g/mol. The molecule has 0 fully saturated rings. The van der Waals surface area contributed by atoms with Gasteiger partial charge in [0.05, 0.1) is 23.3 Å². The fourth-order valence-corrected chi connectivity index (χ4v) is 3.85. The van der Waals surface area contributed by atoms with E-state index in [4.69, 9.17) is 16.3 Å². The normalized spacial score (nSPS) is 14.1. The number of nitrogens with one attached hydrogen (secondary N) is 1. The number of halogens is 2. The lowest BCUT2D eigenvalue weighted by atomic mass is 9.99. The number of carbonyl (C=O) groups excluding carboxylic acids is 1. The molecular formula is C21H18ClFN4O3S. The Morgan fingerprint density at radius 3 is 3.00 bits per heavy atom. The van der Waals surface area contributed by atoms with E-state index in [1.54, 1.807) is 19.2 Å². The fourth-order valence-electron chi connectivity index (χ4n) is 2.97. The average molecular weight is 461 g/mol. The number of carbonyl (C=O) groups is 1. The number of aromatic nitrogens is 2. The number of ether oxygens (including phenoxy) is 1. The average Bonchev–Trinajstić information content (AvgIpc) is 3.22. The highest BCUT2D eigenvalue weighted by molar-refractivity contribution is 7.14. The molecule has 2 N–H and O–H groups in total. The maximum Gasteiger partial charge on any atom is 0.183 e. The molecule has 0 unspecified atom stereocenters. The summed E-state index contributed by atoms with van der Waals surface area (Å²) in [6.45, 7) is 2.11. The molecule has 1 atom stereocenters. The van der Waals surface area contributed by atoms with Gasteiger partial charge in [0.2, 0.25) is 0 Å². The third kappa shape index (κ3) is 4.90. The van der Waals surface area contributed by atoms with Crippen molar-refractivity contribution in [3.05, 3.63) is 52.2 Å². The van der Waals surface area contributed by atoms with Gasteiger partial charge in [-0.25, -0.2) is 9.37 Å². The summed E-state index contributed by atoms with van der Waals surface area (Å²) in [5.74, 6) is -0.242. The van der Waals surface area contributed by atoms with Gasteiger partial charge in [-0.05, 0) is 25.1 Å². The third-order valence-electron chi connectivity index (χ3n) is 4.45. The molecule has 7 nitrogen and oxygen atoms in total. The van der Waals surface area contributed by atoms with Gasteiger partial charge in [-0.1, -0.05) is 11.6 Å². The van der Waals surface area contributed by atoms with Crippen LogP contribution in [-0.4, -0.2) is 45.8 Å². The number of thiazole rings is 1. The van der Waals surface area contributed by atoms with Gasteiger partial charge in [-0.15, -0.1) is 11.3 Å². The van der Waals surface area contributed by atoms with Crippen LogP contribution in [0.25, 0.3) is 11.4 Å². The Labute approximate surface area is 186 Å². The minimum absolute atomic E-state index is 0.0421.